The largest absolute Gasteiger partial charge is 0.493 e. The summed E-state index contributed by atoms with van der Waals surface area (Å²) in [7, 11) is 0. The van der Waals surface area contributed by atoms with Crippen molar-refractivity contribution in [1.82, 2.24) is 0 Å². The summed E-state index contributed by atoms with van der Waals surface area (Å²) in [5, 5.41) is 2.35. The fourth-order valence-electron chi connectivity index (χ4n) is 2.41. The first-order valence-corrected chi connectivity index (χ1v) is 7.91. The van der Waals surface area contributed by atoms with Crippen molar-refractivity contribution in [2.45, 2.75) is 26.2 Å². The molecule has 0 radical (unpaired) electrons. The molecule has 0 aliphatic rings. The van der Waals surface area contributed by atoms with Crippen LogP contribution in [0.3, 0.4) is 0 Å². The summed E-state index contributed by atoms with van der Waals surface area (Å²) in [6.45, 7) is 2.57. The second-order valence-electron chi connectivity index (χ2n) is 5.51. The molecule has 23 heavy (non-hydrogen) atoms. The summed E-state index contributed by atoms with van der Waals surface area (Å²) < 4.78 is 5.90. The van der Waals surface area contributed by atoms with Gasteiger partial charge in [-0.05, 0) is 43.2 Å². The molecule has 2 aromatic rings. The van der Waals surface area contributed by atoms with Crippen molar-refractivity contribution in [3.05, 3.63) is 66.3 Å². The molecular weight excluding hydrogens is 286 g/mol. The van der Waals surface area contributed by atoms with Crippen LogP contribution in [0, 0.1) is 0 Å². The van der Waals surface area contributed by atoms with Crippen LogP contribution < -0.4 is 10.5 Å². The van der Waals surface area contributed by atoms with Gasteiger partial charge in [0.05, 0.1) is 6.61 Å². The molecule has 2 N–H and O–H groups in total. The average Bonchev–Trinajstić information content (AvgIpc) is 2.53. The Kier molecular flexibility index (Phi) is 6.42. The first kappa shape index (κ1) is 16.8. The normalized spacial score (nSPS) is 12.0. The summed E-state index contributed by atoms with van der Waals surface area (Å²) in [5.41, 5.74) is 5.97. The monoisotopic (exact) mass is 309 g/mol. The molecule has 2 rings (SSSR count). The maximum absolute atomic E-state index is 10.7. The molecule has 2 aromatic carbocycles. The number of carbonyl (C=O) groups excluding carboxylic acids is 1. The highest BCUT2D eigenvalue weighted by molar-refractivity contribution is 5.88. The Morgan fingerprint density at radius 3 is 2.74 bits per heavy atom. The number of unbranched alkanes of at least 4 members (excludes halogenated alkanes) is 2. The molecular formula is C20H23NO2. The van der Waals surface area contributed by atoms with E-state index in [1.807, 2.05) is 37.3 Å². The van der Waals surface area contributed by atoms with Crippen molar-refractivity contribution < 1.29 is 9.53 Å². The van der Waals surface area contributed by atoms with Crippen molar-refractivity contribution in [3.8, 4) is 5.75 Å². The van der Waals surface area contributed by atoms with E-state index in [1.165, 1.54) is 11.5 Å². The van der Waals surface area contributed by atoms with Gasteiger partial charge in [0.25, 0.3) is 0 Å². The fraction of sp³-hybridized carbons (Fsp3) is 0.250. The zero-order valence-electron chi connectivity index (χ0n) is 13.5. The van der Waals surface area contributed by atoms with E-state index in [2.05, 4.69) is 24.3 Å². The Bertz CT molecular complexity index is 711. The van der Waals surface area contributed by atoms with Gasteiger partial charge in [-0.15, -0.1) is 0 Å². The second-order valence-corrected chi connectivity index (χ2v) is 5.51. The van der Waals surface area contributed by atoms with E-state index in [0.29, 0.717) is 6.61 Å². The van der Waals surface area contributed by atoms with Crippen LogP contribution in [0.15, 0.2) is 66.3 Å². The lowest BCUT2D eigenvalue weighted by Gasteiger charge is -2.08. The molecule has 0 aliphatic heterocycles. The number of rotatable bonds is 8. The number of hydrogen-bond donors (Lipinski definition) is 1. The first-order valence-electron chi connectivity index (χ1n) is 7.91. The molecule has 3 nitrogen and oxygen atoms in total. The highest BCUT2D eigenvalue weighted by Gasteiger charge is 2.00. The topological polar surface area (TPSA) is 52.3 Å². The molecule has 3 heteroatoms. The van der Waals surface area contributed by atoms with Crippen LogP contribution in [0.1, 0.15) is 26.2 Å². The Labute approximate surface area is 137 Å². The number of benzene rings is 2. The zero-order chi connectivity index (χ0) is 16.5. The van der Waals surface area contributed by atoms with Crippen LogP contribution in [0.5, 0.6) is 5.75 Å². The number of allylic oxidation sites excluding steroid dienone is 3. The number of fused-ring (bicyclic) bond motifs is 1. The second kappa shape index (κ2) is 8.79. The van der Waals surface area contributed by atoms with Crippen molar-refractivity contribution >= 4 is 16.7 Å². The highest BCUT2D eigenvalue weighted by Crippen LogP contribution is 2.25. The summed E-state index contributed by atoms with van der Waals surface area (Å²) in [6.07, 6.45) is 8.42. The predicted octanol–water partition coefficient (Wildman–Crippen LogP) is 4.38. The van der Waals surface area contributed by atoms with E-state index in [4.69, 9.17) is 10.5 Å². The lowest BCUT2D eigenvalue weighted by molar-refractivity contribution is -0.113. The van der Waals surface area contributed by atoms with Gasteiger partial charge in [-0.25, -0.2) is 0 Å². The van der Waals surface area contributed by atoms with Crippen molar-refractivity contribution in [1.29, 1.82) is 0 Å². The summed E-state index contributed by atoms with van der Waals surface area (Å²) in [6, 6.07) is 14.4. The standard InChI is InChI=1S/C20H23NO2/c1-16(15-20(21)22)9-4-2-3-7-14-23-19-13-8-11-17-10-5-6-12-18(17)19/h4-6,8-13,15H,2-3,7,14H2,1H3,(H2,21,22). The molecule has 0 unspecified atom stereocenters. The van der Waals surface area contributed by atoms with Gasteiger partial charge in [0.1, 0.15) is 5.75 Å². The fourth-order valence-corrected chi connectivity index (χ4v) is 2.41. The number of carbonyl (C=O) groups is 1. The molecule has 1 amide bonds. The molecule has 0 saturated carbocycles. The maximum atomic E-state index is 10.7. The molecule has 0 heterocycles. The highest BCUT2D eigenvalue weighted by atomic mass is 16.5. The number of amides is 1. The number of nitrogens with two attached hydrogens (primary N) is 1. The average molecular weight is 309 g/mol. The smallest absolute Gasteiger partial charge is 0.241 e. The van der Waals surface area contributed by atoms with E-state index in [0.717, 1.165) is 36.0 Å². The first-order chi connectivity index (χ1) is 11.2. The Morgan fingerprint density at radius 1 is 1.13 bits per heavy atom. The third-order valence-electron chi connectivity index (χ3n) is 3.52. The van der Waals surface area contributed by atoms with E-state index < -0.39 is 5.91 Å². The van der Waals surface area contributed by atoms with Crippen molar-refractivity contribution in [2.75, 3.05) is 6.61 Å². The van der Waals surface area contributed by atoms with Gasteiger partial charge < -0.3 is 10.5 Å². The third-order valence-corrected chi connectivity index (χ3v) is 3.52. The zero-order valence-corrected chi connectivity index (χ0v) is 13.5. The lowest BCUT2D eigenvalue weighted by Crippen LogP contribution is -2.06. The molecule has 0 bridgehead atoms. The lowest BCUT2D eigenvalue weighted by atomic mass is 10.1. The Hall–Kier alpha value is -2.55. The minimum Gasteiger partial charge on any atom is -0.493 e. The van der Waals surface area contributed by atoms with Gasteiger partial charge >= 0.3 is 0 Å². The van der Waals surface area contributed by atoms with Crippen LogP contribution in [0.4, 0.5) is 0 Å². The quantitative estimate of drug-likeness (QED) is 0.447. The van der Waals surface area contributed by atoms with Crippen molar-refractivity contribution in [3.63, 3.8) is 0 Å². The van der Waals surface area contributed by atoms with Gasteiger partial charge in [0, 0.05) is 11.5 Å². The number of hydrogen-bond acceptors (Lipinski definition) is 2. The van der Waals surface area contributed by atoms with Gasteiger partial charge in [-0.2, -0.15) is 0 Å². The van der Waals surface area contributed by atoms with Gasteiger partial charge in [0.15, 0.2) is 0 Å². The molecule has 120 valence electrons. The third kappa shape index (κ3) is 5.62. The van der Waals surface area contributed by atoms with Gasteiger partial charge in [0.2, 0.25) is 5.91 Å². The van der Waals surface area contributed by atoms with Crippen LogP contribution in [-0.4, -0.2) is 12.5 Å². The predicted molar refractivity (Wildman–Crippen MR) is 95.4 cm³/mol. The molecule has 0 atom stereocenters. The van der Waals surface area contributed by atoms with Crippen LogP contribution in [0.2, 0.25) is 0 Å². The summed E-state index contributed by atoms with van der Waals surface area (Å²) in [5.74, 6) is 0.537. The van der Waals surface area contributed by atoms with Crippen LogP contribution >= 0.6 is 0 Å². The van der Waals surface area contributed by atoms with E-state index in [-0.39, 0.29) is 0 Å². The van der Waals surface area contributed by atoms with E-state index >= 15 is 0 Å². The van der Waals surface area contributed by atoms with Crippen LogP contribution in [-0.2, 0) is 4.79 Å². The Morgan fingerprint density at radius 2 is 1.91 bits per heavy atom. The molecule has 0 spiro atoms. The minimum absolute atomic E-state index is 0.407. The van der Waals surface area contributed by atoms with E-state index in [1.54, 1.807) is 0 Å². The Balaban J connectivity index is 1.73. The SMILES string of the molecule is CC(C=CCCCCOc1cccc2ccccc12)=CC(N)=O. The number of ether oxygens (including phenoxy) is 1. The molecule has 0 aromatic heterocycles. The van der Waals surface area contributed by atoms with E-state index in [9.17, 15) is 4.79 Å². The molecule has 0 aliphatic carbocycles. The van der Waals surface area contributed by atoms with Gasteiger partial charge in [-0.3, -0.25) is 4.79 Å². The van der Waals surface area contributed by atoms with Gasteiger partial charge in [-0.1, -0.05) is 48.6 Å². The summed E-state index contributed by atoms with van der Waals surface area (Å²) >= 11 is 0. The van der Waals surface area contributed by atoms with Crippen molar-refractivity contribution in [2.24, 2.45) is 5.73 Å². The molecule has 0 saturated heterocycles. The molecule has 0 fully saturated rings. The van der Waals surface area contributed by atoms with Crippen LogP contribution in [0.25, 0.3) is 10.8 Å². The summed E-state index contributed by atoms with van der Waals surface area (Å²) in [4.78, 5) is 10.7. The maximum Gasteiger partial charge on any atom is 0.241 e. The minimum atomic E-state index is -0.407. The number of primary amides is 1.